The van der Waals surface area contributed by atoms with E-state index in [1.165, 1.54) is 4.52 Å². The second-order valence-electron chi connectivity index (χ2n) is 5.84. The Balaban J connectivity index is 1.61. The van der Waals surface area contributed by atoms with Gasteiger partial charge in [-0.2, -0.15) is 4.98 Å². The van der Waals surface area contributed by atoms with Gasteiger partial charge in [-0.1, -0.05) is 6.07 Å². The first-order valence-electron chi connectivity index (χ1n) is 7.61. The SMILES string of the molecule is CS(=O)(=O)CC(=O)Nc1nc2ccc(-c3ccc4c(c3)OCO4)cn2n1. The summed E-state index contributed by atoms with van der Waals surface area (Å²) >= 11 is 0. The van der Waals surface area contributed by atoms with Crippen LogP contribution in [0.25, 0.3) is 16.8 Å². The van der Waals surface area contributed by atoms with Gasteiger partial charge in [0.25, 0.3) is 0 Å². The Kier molecular flexibility index (Phi) is 3.76. The molecule has 1 aliphatic rings. The second kappa shape index (κ2) is 5.99. The van der Waals surface area contributed by atoms with Crippen LogP contribution < -0.4 is 14.8 Å². The van der Waals surface area contributed by atoms with E-state index in [1.807, 2.05) is 24.3 Å². The minimum atomic E-state index is -3.42. The van der Waals surface area contributed by atoms with Gasteiger partial charge in [-0.25, -0.2) is 12.9 Å². The number of nitrogens with zero attached hydrogens (tertiary/aromatic N) is 3. The number of carbonyl (C=O) groups is 1. The summed E-state index contributed by atoms with van der Waals surface area (Å²) in [7, 11) is -3.42. The molecule has 1 aromatic carbocycles. The first-order valence-corrected chi connectivity index (χ1v) is 9.67. The lowest BCUT2D eigenvalue weighted by Crippen LogP contribution is -2.22. The van der Waals surface area contributed by atoms with E-state index in [-0.39, 0.29) is 12.7 Å². The lowest BCUT2D eigenvalue weighted by molar-refractivity contribution is -0.113. The van der Waals surface area contributed by atoms with Gasteiger partial charge in [-0.15, -0.1) is 5.10 Å². The summed E-state index contributed by atoms with van der Waals surface area (Å²) in [6, 6.07) is 9.22. The minimum Gasteiger partial charge on any atom is -0.454 e. The molecule has 0 aliphatic carbocycles. The normalized spacial score (nSPS) is 13.1. The molecular weight excluding hydrogens is 360 g/mol. The molecule has 26 heavy (non-hydrogen) atoms. The number of sulfone groups is 1. The van der Waals surface area contributed by atoms with Crippen molar-refractivity contribution >= 4 is 27.3 Å². The molecule has 0 fully saturated rings. The van der Waals surface area contributed by atoms with Crippen LogP contribution in [0.5, 0.6) is 11.5 Å². The van der Waals surface area contributed by atoms with Gasteiger partial charge >= 0.3 is 0 Å². The van der Waals surface area contributed by atoms with Gasteiger partial charge in [0.2, 0.25) is 18.6 Å². The number of aromatic nitrogens is 3. The number of rotatable bonds is 4. The van der Waals surface area contributed by atoms with Gasteiger partial charge in [-0.3, -0.25) is 10.1 Å². The van der Waals surface area contributed by atoms with E-state index in [1.54, 1.807) is 12.3 Å². The molecule has 1 amide bonds. The smallest absolute Gasteiger partial charge is 0.249 e. The molecule has 134 valence electrons. The predicted octanol–water partition coefficient (Wildman–Crippen LogP) is 1.11. The predicted molar refractivity (Wildman–Crippen MR) is 92.9 cm³/mol. The van der Waals surface area contributed by atoms with E-state index < -0.39 is 21.5 Å². The zero-order valence-electron chi connectivity index (χ0n) is 13.7. The van der Waals surface area contributed by atoms with Crippen LogP contribution in [0.3, 0.4) is 0 Å². The Labute approximate surface area is 148 Å². The van der Waals surface area contributed by atoms with Crippen molar-refractivity contribution in [2.75, 3.05) is 24.1 Å². The molecule has 0 radical (unpaired) electrons. The van der Waals surface area contributed by atoms with Crippen molar-refractivity contribution in [3.05, 3.63) is 36.5 Å². The van der Waals surface area contributed by atoms with E-state index in [0.717, 1.165) is 17.4 Å². The maximum atomic E-state index is 11.7. The number of amides is 1. The topological polar surface area (TPSA) is 112 Å². The summed E-state index contributed by atoms with van der Waals surface area (Å²) in [5.41, 5.74) is 2.30. The molecule has 0 saturated heterocycles. The highest BCUT2D eigenvalue weighted by Crippen LogP contribution is 2.35. The van der Waals surface area contributed by atoms with E-state index in [2.05, 4.69) is 15.4 Å². The molecule has 0 spiro atoms. The Morgan fingerprint density at radius 3 is 2.77 bits per heavy atom. The molecule has 9 nitrogen and oxygen atoms in total. The molecule has 0 bridgehead atoms. The van der Waals surface area contributed by atoms with Crippen molar-refractivity contribution in [3.8, 4) is 22.6 Å². The number of anilines is 1. The third-order valence-corrected chi connectivity index (χ3v) is 4.47. The number of fused-ring (bicyclic) bond motifs is 2. The average Bonchev–Trinajstić information content (AvgIpc) is 3.17. The maximum Gasteiger partial charge on any atom is 0.249 e. The summed E-state index contributed by atoms with van der Waals surface area (Å²) in [6.07, 6.45) is 2.74. The van der Waals surface area contributed by atoms with Crippen molar-refractivity contribution in [1.29, 1.82) is 0 Å². The van der Waals surface area contributed by atoms with Crippen LogP contribution in [-0.4, -0.2) is 47.7 Å². The van der Waals surface area contributed by atoms with E-state index in [4.69, 9.17) is 9.47 Å². The number of hydrogen-bond donors (Lipinski definition) is 1. The molecular formula is C16H14N4O5S. The molecule has 1 N–H and O–H groups in total. The van der Waals surface area contributed by atoms with Crippen LogP contribution in [0, 0.1) is 0 Å². The van der Waals surface area contributed by atoms with Gasteiger partial charge in [0.15, 0.2) is 27.0 Å². The standard InChI is InChI=1S/C16H14N4O5S/c1-26(22,23)8-15(21)18-16-17-14-5-3-11(7-20(14)19-16)10-2-4-12-13(6-10)25-9-24-12/h2-7H,8-9H2,1H3,(H,18,19,21). The summed E-state index contributed by atoms with van der Waals surface area (Å²) in [6.45, 7) is 0.206. The number of ether oxygens (including phenoxy) is 2. The molecule has 10 heteroatoms. The molecule has 2 aromatic heterocycles. The Morgan fingerprint density at radius 1 is 1.19 bits per heavy atom. The fourth-order valence-corrected chi connectivity index (χ4v) is 3.13. The number of hydrogen-bond acceptors (Lipinski definition) is 7. The van der Waals surface area contributed by atoms with Crippen molar-refractivity contribution in [2.45, 2.75) is 0 Å². The zero-order chi connectivity index (χ0) is 18.3. The van der Waals surface area contributed by atoms with Crippen LogP contribution in [0.4, 0.5) is 5.95 Å². The summed E-state index contributed by atoms with van der Waals surface area (Å²) in [5.74, 6) is 0.118. The Hall–Kier alpha value is -3.14. The molecule has 3 heterocycles. The monoisotopic (exact) mass is 374 g/mol. The fourth-order valence-electron chi connectivity index (χ4n) is 2.58. The first kappa shape index (κ1) is 16.3. The summed E-state index contributed by atoms with van der Waals surface area (Å²) in [4.78, 5) is 15.9. The number of pyridine rings is 1. The third-order valence-electron chi connectivity index (χ3n) is 3.68. The number of carbonyl (C=O) groups excluding carboxylic acids is 1. The van der Waals surface area contributed by atoms with Crippen LogP contribution in [-0.2, 0) is 14.6 Å². The lowest BCUT2D eigenvalue weighted by atomic mass is 10.1. The molecule has 0 unspecified atom stereocenters. The molecule has 0 saturated carbocycles. The highest BCUT2D eigenvalue weighted by Gasteiger charge is 2.16. The quantitative estimate of drug-likeness (QED) is 0.728. The summed E-state index contributed by atoms with van der Waals surface area (Å²) < 4.78 is 34.5. The van der Waals surface area contributed by atoms with Crippen LogP contribution >= 0.6 is 0 Å². The second-order valence-corrected chi connectivity index (χ2v) is 7.98. The number of nitrogens with one attached hydrogen (secondary N) is 1. The summed E-state index contributed by atoms with van der Waals surface area (Å²) in [5, 5.41) is 6.55. The zero-order valence-corrected chi connectivity index (χ0v) is 14.5. The van der Waals surface area contributed by atoms with Gasteiger partial charge in [0.05, 0.1) is 0 Å². The highest BCUT2D eigenvalue weighted by molar-refractivity contribution is 7.91. The molecule has 4 rings (SSSR count). The van der Waals surface area contributed by atoms with Crippen molar-refractivity contribution in [2.24, 2.45) is 0 Å². The Morgan fingerprint density at radius 2 is 1.96 bits per heavy atom. The van der Waals surface area contributed by atoms with Gasteiger partial charge in [0, 0.05) is 18.0 Å². The van der Waals surface area contributed by atoms with Crippen molar-refractivity contribution in [3.63, 3.8) is 0 Å². The van der Waals surface area contributed by atoms with Gasteiger partial charge < -0.3 is 9.47 Å². The molecule has 0 atom stereocenters. The van der Waals surface area contributed by atoms with Crippen LogP contribution in [0.2, 0.25) is 0 Å². The van der Waals surface area contributed by atoms with Gasteiger partial charge in [-0.05, 0) is 29.8 Å². The lowest BCUT2D eigenvalue weighted by Gasteiger charge is -2.03. The highest BCUT2D eigenvalue weighted by atomic mass is 32.2. The van der Waals surface area contributed by atoms with E-state index >= 15 is 0 Å². The maximum absolute atomic E-state index is 11.7. The van der Waals surface area contributed by atoms with Crippen molar-refractivity contribution < 1.29 is 22.7 Å². The Bertz CT molecular complexity index is 1120. The number of benzene rings is 1. The molecule has 1 aliphatic heterocycles. The first-order chi connectivity index (χ1) is 12.4. The van der Waals surface area contributed by atoms with E-state index in [0.29, 0.717) is 17.1 Å². The fraction of sp³-hybridized carbons (Fsp3) is 0.188. The van der Waals surface area contributed by atoms with Crippen LogP contribution in [0.15, 0.2) is 36.5 Å². The van der Waals surface area contributed by atoms with E-state index in [9.17, 15) is 13.2 Å². The largest absolute Gasteiger partial charge is 0.454 e. The van der Waals surface area contributed by atoms with Crippen molar-refractivity contribution in [1.82, 2.24) is 14.6 Å². The van der Waals surface area contributed by atoms with Crippen LogP contribution in [0.1, 0.15) is 0 Å². The molecule has 3 aromatic rings. The average molecular weight is 374 g/mol. The minimum absolute atomic E-state index is 0.0430. The van der Waals surface area contributed by atoms with Gasteiger partial charge in [0.1, 0.15) is 5.75 Å². The third kappa shape index (κ3) is 3.31.